The average molecular weight is 841 g/mol. The van der Waals surface area contributed by atoms with Crippen molar-refractivity contribution in [3.05, 3.63) is 36.5 Å². The molecule has 15 nitrogen and oxygen atoms in total. The van der Waals surface area contributed by atoms with Gasteiger partial charge in [0.15, 0.2) is 5.71 Å². The molecule has 3 saturated carbocycles. The van der Waals surface area contributed by atoms with E-state index in [9.17, 15) is 36.4 Å². The highest BCUT2D eigenvalue weighted by atomic mass is 32.2. The summed E-state index contributed by atoms with van der Waals surface area (Å²) in [5.74, 6) is -9.31. The first-order valence-electron chi connectivity index (χ1n) is 19.4. The number of amides is 4. The molecular weight excluding hydrogens is 793 g/mol. The van der Waals surface area contributed by atoms with Crippen LogP contribution in [0.3, 0.4) is 0 Å². The molecule has 4 fully saturated rings. The number of aliphatic imine (C=N–C) groups is 2. The molecule has 20 heteroatoms. The summed E-state index contributed by atoms with van der Waals surface area (Å²) in [6.07, 6.45) is 2.60. The number of sulfonamides is 1. The smallest absolute Gasteiger partial charge is 0.408 e. The van der Waals surface area contributed by atoms with E-state index < -0.39 is 141 Å². The first kappa shape index (κ1) is 41.8. The van der Waals surface area contributed by atoms with E-state index in [0.717, 1.165) is 11.0 Å². The number of hydrogen-bond donors (Lipinski definition) is 3. The van der Waals surface area contributed by atoms with Crippen molar-refractivity contribution in [2.75, 3.05) is 13.2 Å². The first-order chi connectivity index (χ1) is 27.1. The van der Waals surface area contributed by atoms with Crippen LogP contribution in [0.4, 0.5) is 22.4 Å². The third-order valence-electron chi connectivity index (χ3n) is 11.9. The lowest BCUT2D eigenvalue weighted by Crippen LogP contribution is -2.60. The SMILES string of the molecule is CC(C)(C)[C@@H]1NC(=O)O[C@@H]2CCC[C@H]2OC/C=C/C(F)(F)C2=NC3C=CC=CC3N=C2O[C@@H]2C[C@@H](C(=O)N[C@]3(C(=O)NS(=O)(=O)C4(C)CC4)C[C@H]3C(F)F)N(C2)C1=O. The maximum absolute atomic E-state index is 16.1. The van der Waals surface area contributed by atoms with Gasteiger partial charge in [-0.1, -0.05) is 51.2 Å². The normalized spacial score (nSPS) is 36.0. The molecular formula is C38H48F4N6O9S. The zero-order chi connectivity index (χ0) is 42.0. The fourth-order valence-electron chi connectivity index (χ4n) is 7.98. The monoisotopic (exact) mass is 840 g/mol. The van der Waals surface area contributed by atoms with E-state index >= 15 is 8.78 Å². The predicted molar refractivity (Wildman–Crippen MR) is 200 cm³/mol. The lowest BCUT2D eigenvalue weighted by atomic mass is 9.85. The van der Waals surface area contributed by atoms with E-state index in [1.54, 1.807) is 45.1 Å². The van der Waals surface area contributed by atoms with Crippen LogP contribution < -0.4 is 15.4 Å². The summed E-state index contributed by atoms with van der Waals surface area (Å²) in [5.41, 5.74) is -4.17. The number of carbonyl (C=O) groups is 4. The van der Waals surface area contributed by atoms with Gasteiger partial charge in [-0.2, -0.15) is 8.78 Å². The Morgan fingerprint density at radius 1 is 1.03 bits per heavy atom. The maximum atomic E-state index is 16.1. The minimum absolute atomic E-state index is 0.244. The fourth-order valence-corrected chi connectivity index (χ4v) is 9.30. The zero-order valence-corrected chi connectivity index (χ0v) is 33.3. The third kappa shape index (κ3) is 8.14. The Bertz CT molecular complexity index is 1980. The van der Waals surface area contributed by atoms with Gasteiger partial charge in [-0.15, -0.1) is 0 Å². The molecule has 7 aliphatic rings. The quantitative estimate of drug-likeness (QED) is 0.266. The molecule has 2 unspecified atom stereocenters. The number of ether oxygens (including phenoxy) is 3. The summed E-state index contributed by atoms with van der Waals surface area (Å²) >= 11 is 0. The summed E-state index contributed by atoms with van der Waals surface area (Å²) in [6, 6.07) is -4.42. The molecule has 3 heterocycles. The van der Waals surface area contributed by atoms with Crippen LogP contribution in [0.5, 0.6) is 0 Å². The van der Waals surface area contributed by atoms with E-state index in [0.29, 0.717) is 25.3 Å². The van der Waals surface area contributed by atoms with Gasteiger partial charge in [-0.05, 0) is 56.9 Å². The van der Waals surface area contributed by atoms with E-state index in [-0.39, 0.29) is 19.4 Å². The van der Waals surface area contributed by atoms with Gasteiger partial charge in [0.2, 0.25) is 34.2 Å². The molecule has 1 saturated heterocycles. The number of allylic oxidation sites excluding steroid dienone is 3. The molecule has 7 rings (SSSR count). The summed E-state index contributed by atoms with van der Waals surface area (Å²) in [6.45, 7) is 5.67. The number of halogens is 4. The van der Waals surface area contributed by atoms with Crippen molar-refractivity contribution in [2.24, 2.45) is 21.3 Å². The molecule has 0 aromatic rings. The molecule has 9 atom stereocenters. The van der Waals surface area contributed by atoms with Crippen molar-refractivity contribution in [2.45, 2.75) is 138 Å². The summed E-state index contributed by atoms with van der Waals surface area (Å²) < 4.78 is 105. The molecule has 0 spiro atoms. The van der Waals surface area contributed by atoms with Crippen molar-refractivity contribution < 1.29 is 59.4 Å². The minimum atomic E-state index is -4.30. The molecule has 0 aromatic heterocycles. The number of hydrogen-bond acceptors (Lipinski definition) is 11. The van der Waals surface area contributed by atoms with Crippen molar-refractivity contribution in [1.29, 1.82) is 0 Å². The van der Waals surface area contributed by atoms with Gasteiger partial charge < -0.3 is 29.7 Å². The van der Waals surface area contributed by atoms with Gasteiger partial charge in [0.05, 0.1) is 42.0 Å². The molecule has 58 heavy (non-hydrogen) atoms. The van der Waals surface area contributed by atoms with E-state index in [1.165, 1.54) is 6.92 Å². The van der Waals surface area contributed by atoms with Crippen LogP contribution in [0.25, 0.3) is 0 Å². The van der Waals surface area contributed by atoms with Crippen molar-refractivity contribution in [1.82, 2.24) is 20.3 Å². The van der Waals surface area contributed by atoms with Gasteiger partial charge in [0.25, 0.3) is 5.91 Å². The van der Waals surface area contributed by atoms with Gasteiger partial charge in [0, 0.05) is 6.42 Å². The number of alkyl carbamates (subject to hydrolysis) is 1. The Kier molecular flexibility index (Phi) is 10.8. The highest BCUT2D eigenvalue weighted by Crippen LogP contribution is 2.49. The minimum Gasteiger partial charge on any atom is -0.471 e. The van der Waals surface area contributed by atoms with Crippen LogP contribution in [0.15, 0.2) is 46.4 Å². The Balaban J connectivity index is 1.24. The highest BCUT2D eigenvalue weighted by molar-refractivity contribution is 7.91. The number of nitrogens with one attached hydrogen (secondary N) is 3. The Morgan fingerprint density at radius 3 is 2.34 bits per heavy atom. The van der Waals surface area contributed by atoms with Crippen LogP contribution in [0.1, 0.15) is 72.6 Å². The maximum Gasteiger partial charge on any atom is 0.408 e. The van der Waals surface area contributed by atoms with Crippen LogP contribution in [-0.4, -0.2) is 127 Å². The van der Waals surface area contributed by atoms with Gasteiger partial charge in [-0.25, -0.2) is 27.0 Å². The molecule has 2 bridgehead atoms. The number of nitrogens with zero attached hydrogens (tertiary/aromatic N) is 3. The predicted octanol–water partition coefficient (Wildman–Crippen LogP) is 3.11. The summed E-state index contributed by atoms with van der Waals surface area (Å²) in [7, 11) is -4.30. The second-order valence-electron chi connectivity index (χ2n) is 17.4. The fraction of sp³-hybridized carbons (Fsp3) is 0.684. The van der Waals surface area contributed by atoms with Crippen LogP contribution in [0, 0.1) is 11.3 Å². The van der Waals surface area contributed by atoms with Crippen molar-refractivity contribution in [3.63, 3.8) is 0 Å². The second-order valence-corrected chi connectivity index (χ2v) is 19.5. The van der Waals surface area contributed by atoms with Crippen LogP contribution in [-0.2, 0) is 38.6 Å². The molecule has 0 radical (unpaired) electrons. The zero-order valence-electron chi connectivity index (χ0n) is 32.5. The Hall–Kier alpha value is -4.33. The first-order valence-corrected chi connectivity index (χ1v) is 20.9. The number of alkyl halides is 4. The largest absolute Gasteiger partial charge is 0.471 e. The molecule has 4 aliphatic carbocycles. The van der Waals surface area contributed by atoms with Gasteiger partial charge in [0.1, 0.15) is 29.8 Å². The van der Waals surface area contributed by atoms with Gasteiger partial charge in [-0.3, -0.25) is 24.1 Å². The second kappa shape index (κ2) is 15.0. The van der Waals surface area contributed by atoms with Gasteiger partial charge >= 0.3 is 12.0 Å². The Labute approximate surface area is 333 Å². The standard InChI is InChI=1S/C38H48F4N6O9S/c1-35(2,3)28-32(50)48-19-20(17-24(48)30(49)46-37(18-21(37)29(39)40)33(51)47-58(53,54)36(4)14-15-36)56-31-27(43-22-9-5-6-10-23(22)44-31)38(41,42)13-8-16-55-25-11-7-12-26(25)57-34(52)45-28/h5-6,8-10,13,20-26,28-29H,7,11-12,14-19H2,1-4H3,(H,45,52)(H,46,49)(H,47,51)/b13-8+/t20-,21+,22?,23?,24+,25-,26-,28-,37-/m1/s1. The van der Waals surface area contributed by atoms with Crippen LogP contribution >= 0.6 is 0 Å². The number of carbonyl (C=O) groups excluding carboxylic acids is 4. The van der Waals surface area contributed by atoms with Crippen molar-refractivity contribution >= 4 is 45.4 Å². The molecule has 318 valence electrons. The molecule has 0 aromatic carbocycles. The van der Waals surface area contributed by atoms with E-state index in [1.807, 2.05) is 4.72 Å². The number of fused-ring (bicyclic) bond motifs is 5. The molecule has 4 amide bonds. The highest BCUT2D eigenvalue weighted by Gasteiger charge is 2.67. The topological polar surface area (TPSA) is 194 Å². The number of rotatable bonds is 6. The molecule has 3 aliphatic heterocycles. The van der Waals surface area contributed by atoms with E-state index in [4.69, 9.17) is 14.2 Å². The van der Waals surface area contributed by atoms with E-state index in [2.05, 4.69) is 20.6 Å². The lowest BCUT2D eigenvalue weighted by molar-refractivity contribution is -0.143. The molecule has 3 N–H and O–H groups in total. The van der Waals surface area contributed by atoms with Crippen LogP contribution in [0.2, 0.25) is 0 Å². The summed E-state index contributed by atoms with van der Waals surface area (Å²) in [5, 5.41) is 4.96. The van der Waals surface area contributed by atoms with Crippen molar-refractivity contribution in [3.8, 4) is 0 Å². The Morgan fingerprint density at radius 2 is 1.71 bits per heavy atom. The lowest BCUT2D eigenvalue weighted by Gasteiger charge is -2.35. The summed E-state index contributed by atoms with van der Waals surface area (Å²) in [4.78, 5) is 65.6. The third-order valence-corrected chi connectivity index (χ3v) is 14.1. The average Bonchev–Trinajstić information content (AvgIpc) is 3.97.